The molecule has 1 amide bonds. The molecule has 0 aliphatic carbocycles. The first-order valence-electron chi connectivity index (χ1n) is 13.9. The monoisotopic (exact) mass is 740 g/mol. The SMILES string of the molecule is CC(=O)Nc1cc(N(c2ccc(Cl)cc2)c2ccc(Cl)cc2)ccc1N=Nc1c(C#N)c(C)nn1-c1c(Cl)cc(NS(C)(=O)=O)cc1Cl. The van der Waals surface area contributed by atoms with E-state index in [0.29, 0.717) is 27.1 Å². The molecule has 1 heterocycles. The average molecular weight is 742 g/mol. The first-order valence-corrected chi connectivity index (χ1v) is 17.3. The highest BCUT2D eigenvalue weighted by atomic mass is 35.5. The minimum Gasteiger partial charge on any atom is -0.324 e. The number of benzene rings is 4. The third kappa shape index (κ3) is 7.90. The number of carbonyl (C=O) groups excluding carboxylic acids is 1. The van der Waals surface area contributed by atoms with E-state index in [0.717, 1.165) is 17.6 Å². The van der Waals surface area contributed by atoms with E-state index >= 15 is 0 Å². The Balaban J connectivity index is 1.61. The van der Waals surface area contributed by atoms with Crippen molar-refractivity contribution in [3.8, 4) is 11.8 Å². The molecule has 48 heavy (non-hydrogen) atoms. The normalized spacial score (nSPS) is 11.4. The van der Waals surface area contributed by atoms with Gasteiger partial charge in [-0.3, -0.25) is 9.52 Å². The molecule has 2 N–H and O–H groups in total. The van der Waals surface area contributed by atoms with Crippen molar-refractivity contribution in [1.29, 1.82) is 5.26 Å². The molecule has 0 fully saturated rings. The van der Waals surface area contributed by atoms with Crippen molar-refractivity contribution in [2.24, 2.45) is 10.2 Å². The maximum absolute atomic E-state index is 12.3. The molecular formula is C32H24Cl4N8O3S. The Kier molecular flexibility index (Phi) is 10.3. The standard InChI is InChI=1S/C32H24Cl4N8O3S/c1-18-26(17-37)32(44(41-18)31-27(35)14-22(15-28(31)36)42-48(3,46)47)40-39-29-13-12-25(16-30(29)38-19(2)45)43(23-8-4-20(33)5-9-23)24-10-6-21(34)7-11-24/h4-16,42H,1-3H3,(H,38,45). The first-order chi connectivity index (χ1) is 22.7. The average Bonchev–Trinajstić information content (AvgIpc) is 3.31. The zero-order valence-electron chi connectivity index (χ0n) is 25.3. The lowest BCUT2D eigenvalue weighted by Crippen LogP contribution is -2.11. The quantitative estimate of drug-likeness (QED) is 0.144. The van der Waals surface area contributed by atoms with Crippen molar-refractivity contribution in [3.63, 3.8) is 0 Å². The third-order valence-electron chi connectivity index (χ3n) is 6.65. The number of amides is 1. The molecule has 0 spiro atoms. The van der Waals surface area contributed by atoms with Crippen LogP contribution >= 0.6 is 46.4 Å². The first kappa shape index (κ1) is 34.7. The number of nitrogens with one attached hydrogen (secondary N) is 2. The van der Waals surface area contributed by atoms with Crippen LogP contribution in [0.25, 0.3) is 5.69 Å². The number of sulfonamides is 1. The molecule has 0 radical (unpaired) electrons. The van der Waals surface area contributed by atoms with Crippen molar-refractivity contribution < 1.29 is 13.2 Å². The Hall–Kier alpha value is -4.64. The van der Waals surface area contributed by atoms with Crippen LogP contribution in [0.15, 0.2) is 89.1 Å². The maximum atomic E-state index is 12.3. The van der Waals surface area contributed by atoms with Crippen LogP contribution in [-0.4, -0.2) is 30.4 Å². The van der Waals surface area contributed by atoms with Gasteiger partial charge in [0.1, 0.15) is 23.0 Å². The van der Waals surface area contributed by atoms with E-state index < -0.39 is 10.0 Å². The summed E-state index contributed by atoms with van der Waals surface area (Å²) in [4.78, 5) is 14.3. The van der Waals surface area contributed by atoms with Gasteiger partial charge in [-0.1, -0.05) is 46.4 Å². The Bertz CT molecular complexity index is 2150. The minimum absolute atomic E-state index is 0.00410. The smallest absolute Gasteiger partial charge is 0.229 e. The Morgan fingerprint density at radius 1 is 0.875 bits per heavy atom. The van der Waals surface area contributed by atoms with Gasteiger partial charge in [-0.05, 0) is 85.8 Å². The summed E-state index contributed by atoms with van der Waals surface area (Å²) in [6.07, 6.45) is 0.992. The summed E-state index contributed by atoms with van der Waals surface area (Å²) in [5.41, 5.74) is 3.52. The van der Waals surface area contributed by atoms with E-state index in [1.54, 1.807) is 49.4 Å². The van der Waals surface area contributed by atoms with Crippen molar-refractivity contribution in [1.82, 2.24) is 9.78 Å². The summed E-state index contributed by atoms with van der Waals surface area (Å²) < 4.78 is 27.1. The van der Waals surface area contributed by atoms with Gasteiger partial charge in [-0.25, -0.2) is 13.1 Å². The molecule has 0 saturated carbocycles. The van der Waals surface area contributed by atoms with E-state index in [-0.39, 0.29) is 44.4 Å². The lowest BCUT2D eigenvalue weighted by atomic mass is 10.1. The maximum Gasteiger partial charge on any atom is 0.229 e. The highest BCUT2D eigenvalue weighted by Gasteiger charge is 2.22. The van der Waals surface area contributed by atoms with Crippen LogP contribution in [0.1, 0.15) is 18.2 Å². The summed E-state index contributed by atoms with van der Waals surface area (Å²) >= 11 is 25.4. The van der Waals surface area contributed by atoms with E-state index in [1.165, 1.54) is 23.7 Å². The lowest BCUT2D eigenvalue weighted by Gasteiger charge is -2.26. The van der Waals surface area contributed by atoms with Gasteiger partial charge in [0.15, 0.2) is 5.82 Å². The number of anilines is 5. The van der Waals surface area contributed by atoms with Crippen LogP contribution in [0.4, 0.5) is 39.9 Å². The molecule has 4 aromatic carbocycles. The number of aromatic nitrogens is 2. The molecule has 0 aliphatic heterocycles. The van der Waals surface area contributed by atoms with Crippen molar-refractivity contribution >= 4 is 102 Å². The predicted octanol–water partition coefficient (Wildman–Crippen LogP) is 9.88. The molecular weight excluding hydrogens is 718 g/mol. The number of aryl methyl sites for hydroxylation is 1. The minimum atomic E-state index is -3.61. The predicted molar refractivity (Wildman–Crippen MR) is 191 cm³/mol. The molecule has 0 bridgehead atoms. The summed E-state index contributed by atoms with van der Waals surface area (Å²) in [6.45, 7) is 2.97. The van der Waals surface area contributed by atoms with Gasteiger partial charge in [-0.15, -0.1) is 10.2 Å². The van der Waals surface area contributed by atoms with Crippen LogP contribution in [0.3, 0.4) is 0 Å². The summed E-state index contributed by atoms with van der Waals surface area (Å²) in [5, 5.41) is 27.1. The van der Waals surface area contributed by atoms with Gasteiger partial charge in [-0.2, -0.15) is 10.4 Å². The highest BCUT2D eigenvalue weighted by Crippen LogP contribution is 2.41. The molecule has 1 aromatic heterocycles. The largest absolute Gasteiger partial charge is 0.324 e. The number of azo groups is 1. The number of nitrogens with zero attached hydrogens (tertiary/aromatic N) is 6. The Labute approximate surface area is 296 Å². The fourth-order valence-corrected chi connectivity index (χ4v) is 6.15. The van der Waals surface area contributed by atoms with Crippen molar-refractivity contribution in [2.75, 3.05) is 21.2 Å². The highest BCUT2D eigenvalue weighted by molar-refractivity contribution is 7.92. The van der Waals surface area contributed by atoms with E-state index in [9.17, 15) is 18.5 Å². The summed E-state index contributed by atoms with van der Waals surface area (Å²) in [5.74, 6) is -0.350. The van der Waals surface area contributed by atoms with Gasteiger partial charge in [0.25, 0.3) is 0 Å². The van der Waals surface area contributed by atoms with E-state index in [2.05, 4.69) is 31.4 Å². The van der Waals surface area contributed by atoms with Gasteiger partial charge < -0.3 is 10.2 Å². The number of halogens is 4. The van der Waals surface area contributed by atoms with Crippen LogP contribution in [0, 0.1) is 18.3 Å². The number of rotatable bonds is 9. The molecule has 0 aliphatic rings. The van der Waals surface area contributed by atoms with Crippen molar-refractivity contribution in [2.45, 2.75) is 13.8 Å². The molecule has 0 unspecified atom stereocenters. The van der Waals surface area contributed by atoms with Gasteiger partial charge >= 0.3 is 0 Å². The van der Waals surface area contributed by atoms with Gasteiger partial charge in [0.05, 0.1) is 33.4 Å². The number of hydrogen-bond acceptors (Lipinski definition) is 8. The molecule has 16 heteroatoms. The number of carbonyl (C=O) groups is 1. The van der Waals surface area contributed by atoms with Crippen molar-refractivity contribution in [3.05, 3.63) is 110 Å². The van der Waals surface area contributed by atoms with Crippen LogP contribution < -0.4 is 14.9 Å². The van der Waals surface area contributed by atoms with Gasteiger partial charge in [0.2, 0.25) is 15.9 Å². The second kappa shape index (κ2) is 14.2. The van der Waals surface area contributed by atoms with E-state index in [4.69, 9.17) is 46.4 Å². The number of hydrogen-bond donors (Lipinski definition) is 2. The van der Waals surface area contributed by atoms with E-state index in [1.807, 2.05) is 29.2 Å². The molecule has 5 rings (SSSR count). The van der Waals surface area contributed by atoms with Crippen LogP contribution in [0.5, 0.6) is 0 Å². The second-order valence-electron chi connectivity index (χ2n) is 10.3. The van der Waals surface area contributed by atoms with Crippen LogP contribution in [0.2, 0.25) is 20.1 Å². The molecule has 5 aromatic rings. The zero-order valence-corrected chi connectivity index (χ0v) is 29.2. The fourth-order valence-electron chi connectivity index (χ4n) is 4.70. The fraction of sp³-hybridized carbons (Fsp3) is 0.0938. The second-order valence-corrected chi connectivity index (χ2v) is 13.8. The van der Waals surface area contributed by atoms with Gasteiger partial charge in [0, 0.05) is 34.0 Å². The molecule has 0 saturated heterocycles. The molecule has 0 atom stereocenters. The molecule has 244 valence electrons. The lowest BCUT2D eigenvalue weighted by molar-refractivity contribution is -0.114. The number of nitriles is 1. The third-order valence-corrected chi connectivity index (χ3v) is 8.34. The summed E-state index contributed by atoms with van der Waals surface area (Å²) in [6, 6.07) is 24.5. The van der Waals surface area contributed by atoms with Crippen LogP contribution in [-0.2, 0) is 14.8 Å². The topological polar surface area (TPSA) is 145 Å². The zero-order chi connectivity index (χ0) is 34.7. The summed E-state index contributed by atoms with van der Waals surface area (Å²) in [7, 11) is -3.61. The Morgan fingerprint density at radius 3 is 1.92 bits per heavy atom. The molecule has 11 nitrogen and oxygen atoms in total. The Morgan fingerprint density at radius 2 is 1.42 bits per heavy atom.